The van der Waals surface area contributed by atoms with Crippen molar-refractivity contribution < 1.29 is 4.74 Å². The smallest absolute Gasteiger partial charge is 0.0885 e. The predicted molar refractivity (Wildman–Crippen MR) is 84.8 cm³/mol. The van der Waals surface area contributed by atoms with Gasteiger partial charge >= 0.3 is 0 Å². The Morgan fingerprint density at radius 3 is 2.67 bits per heavy atom. The van der Waals surface area contributed by atoms with Gasteiger partial charge in [0.05, 0.1) is 17.2 Å². The average molecular weight is 285 g/mol. The van der Waals surface area contributed by atoms with Gasteiger partial charge in [0.1, 0.15) is 0 Å². The van der Waals surface area contributed by atoms with Crippen molar-refractivity contribution in [2.24, 2.45) is 5.84 Å². The van der Waals surface area contributed by atoms with Crippen molar-refractivity contribution >= 4 is 10.9 Å². The Bertz CT molecular complexity index is 635. The molecule has 0 radical (unpaired) electrons. The van der Waals surface area contributed by atoms with Crippen molar-refractivity contribution in [2.45, 2.75) is 44.2 Å². The molecule has 4 nitrogen and oxygen atoms in total. The minimum Gasteiger partial charge on any atom is -0.376 e. The van der Waals surface area contributed by atoms with Crippen LogP contribution in [0.4, 0.5) is 0 Å². The molecule has 4 heteroatoms. The van der Waals surface area contributed by atoms with E-state index in [1.165, 1.54) is 18.4 Å². The normalized spacial score (nSPS) is 19.0. The highest BCUT2D eigenvalue weighted by Crippen LogP contribution is 2.42. The van der Waals surface area contributed by atoms with Gasteiger partial charge in [-0.15, -0.1) is 0 Å². The second-order valence-electron chi connectivity index (χ2n) is 5.98. The summed E-state index contributed by atoms with van der Waals surface area (Å²) in [5.74, 6) is 5.87. The summed E-state index contributed by atoms with van der Waals surface area (Å²) in [6, 6.07) is 10.5. The van der Waals surface area contributed by atoms with Gasteiger partial charge in [-0.3, -0.25) is 16.3 Å². The van der Waals surface area contributed by atoms with Crippen molar-refractivity contribution in [3.63, 3.8) is 0 Å². The van der Waals surface area contributed by atoms with Crippen LogP contribution >= 0.6 is 0 Å². The van der Waals surface area contributed by atoms with Gasteiger partial charge in [0, 0.05) is 18.2 Å². The summed E-state index contributed by atoms with van der Waals surface area (Å²) in [6.45, 7) is 2.01. The second-order valence-corrected chi connectivity index (χ2v) is 5.98. The number of benzene rings is 1. The van der Waals surface area contributed by atoms with E-state index >= 15 is 0 Å². The first-order valence-corrected chi connectivity index (χ1v) is 7.57. The number of ether oxygens (including phenoxy) is 1. The van der Waals surface area contributed by atoms with Crippen LogP contribution in [0.5, 0.6) is 0 Å². The third kappa shape index (κ3) is 2.55. The molecule has 1 aliphatic rings. The fourth-order valence-electron chi connectivity index (χ4n) is 3.56. The number of aromatic nitrogens is 1. The first kappa shape index (κ1) is 14.4. The molecule has 0 aliphatic heterocycles. The number of pyridine rings is 1. The molecule has 1 aromatic carbocycles. The minimum absolute atomic E-state index is 0.00991. The van der Waals surface area contributed by atoms with E-state index in [1.807, 2.05) is 13.0 Å². The van der Waals surface area contributed by atoms with E-state index in [0.717, 1.165) is 29.4 Å². The summed E-state index contributed by atoms with van der Waals surface area (Å²) in [4.78, 5) is 4.55. The Morgan fingerprint density at radius 2 is 2.00 bits per heavy atom. The Balaban J connectivity index is 2.02. The number of fused-ring (bicyclic) bond motifs is 1. The molecule has 3 N–H and O–H groups in total. The Morgan fingerprint density at radius 1 is 1.24 bits per heavy atom. The van der Waals surface area contributed by atoms with E-state index < -0.39 is 0 Å². The summed E-state index contributed by atoms with van der Waals surface area (Å²) < 4.78 is 5.88. The highest BCUT2D eigenvalue weighted by Gasteiger charge is 2.42. The number of methoxy groups -OCH3 is 1. The number of hydrazine groups is 1. The van der Waals surface area contributed by atoms with Crippen LogP contribution in [0.3, 0.4) is 0 Å². The lowest BCUT2D eigenvalue weighted by Gasteiger charge is -2.36. The third-order valence-corrected chi connectivity index (χ3v) is 4.74. The first-order valence-electron chi connectivity index (χ1n) is 7.57. The molecule has 1 saturated carbocycles. The van der Waals surface area contributed by atoms with Crippen LogP contribution in [0.25, 0.3) is 10.9 Å². The molecule has 1 aliphatic carbocycles. The van der Waals surface area contributed by atoms with Crippen LogP contribution in [0.15, 0.2) is 30.3 Å². The zero-order valence-electron chi connectivity index (χ0n) is 12.7. The summed E-state index contributed by atoms with van der Waals surface area (Å²) in [5, 5.41) is 1.14. The van der Waals surface area contributed by atoms with Crippen LogP contribution in [-0.2, 0) is 4.74 Å². The van der Waals surface area contributed by atoms with E-state index in [9.17, 15) is 0 Å². The monoisotopic (exact) mass is 285 g/mol. The molecule has 0 amide bonds. The van der Waals surface area contributed by atoms with Crippen LogP contribution < -0.4 is 11.3 Å². The van der Waals surface area contributed by atoms with Gasteiger partial charge in [-0.05, 0) is 43.5 Å². The van der Waals surface area contributed by atoms with Crippen molar-refractivity contribution in [2.75, 3.05) is 7.11 Å². The quantitative estimate of drug-likeness (QED) is 0.669. The molecule has 2 aromatic rings. The molecule has 1 aromatic heterocycles. The zero-order valence-corrected chi connectivity index (χ0v) is 12.7. The molecule has 21 heavy (non-hydrogen) atoms. The maximum absolute atomic E-state index is 5.88. The first-order chi connectivity index (χ1) is 10.2. The van der Waals surface area contributed by atoms with Crippen molar-refractivity contribution in [3.05, 3.63) is 41.6 Å². The van der Waals surface area contributed by atoms with Crippen LogP contribution in [-0.4, -0.2) is 17.7 Å². The SMILES string of the molecule is COC1(C(NN)c2ccc3nc(C)ccc3c2)CCCC1. The lowest BCUT2D eigenvalue weighted by atomic mass is 9.86. The van der Waals surface area contributed by atoms with Gasteiger partial charge in [0.25, 0.3) is 0 Å². The number of nitrogens with one attached hydrogen (secondary N) is 1. The lowest BCUT2D eigenvalue weighted by Crippen LogP contribution is -2.46. The third-order valence-electron chi connectivity index (χ3n) is 4.74. The molecule has 1 atom stereocenters. The summed E-state index contributed by atoms with van der Waals surface area (Å²) in [6.07, 6.45) is 4.48. The lowest BCUT2D eigenvalue weighted by molar-refractivity contribution is -0.0368. The Kier molecular flexibility index (Phi) is 3.93. The topological polar surface area (TPSA) is 60.2 Å². The van der Waals surface area contributed by atoms with Gasteiger partial charge in [0.2, 0.25) is 0 Å². The Labute approximate surface area is 125 Å². The van der Waals surface area contributed by atoms with E-state index in [1.54, 1.807) is 7.11 Å². The fraction of sp³-hybridized carbons (Fsp3) is 0.471. The van der Waals surface area contributed by atoms with Gasteiger partial charge < -0.3 is 4.74 Å². The maximum Gasteiger partial charge on any atom is 0.0885 e. The standard InChI is InChI=1S/C17H23N3O/c1-12-5-6-13-11-14(7-8-15(13)19-12)16(20-18)17(21-2)9-3-4-10-17/h5-8,11,16,20H,3-4,9-10,18H2,1-2H3. The molecule has 1 fully saturated rings. The molecule has 1 heterocycles. The van der Waals surface area contributed by atoms with Gasteiger partial charge in [-0.2, -0.15) is 0 Å². The van der Waals surface area contributed by atoms with E-state index in [2.05, 4.69) is 34.7 Å². The van der Waals surface area contributed by atoms with Crippen LogP contribution in [0.2, 0.25) is 0 Å². The average Bonchev–Trinajstić information content (AvgIpc) is 2.98. The number of nitrogens with zero attached hydrogens (tertiary/aromatic N) is 1. The summed E-state index contributed by atoms with van der Waals surface area (Å²) in [5.41, 5.74) is 6.01. The van der Waals surface area contributed by atoms with E-state index in [4.69, 9.17) is 10.6 Å². The molecule has 0 bridgehead atoms. The van der Waals surface area contributed by atoms with Gasteiger partial charge in [0.15, 0.2) is 0 Å². The van der Waals surface area contributed by atoms with Crippen LogP contribution in [0.1, 0.15) is 43.0 Å². The highest BCUT2D eigenvalue weighted by atomic mass is 16.5. The van der Waals surface area contributed by atoms with Gasteiger partial charge in [-0.25, -0.2) is 0 Å². The number of nitrogens with two attached hydrogens (primary N) is 1. The number of aryl methyl sites for hydroxylation is 1. The summed E-state index contributed by atoms with van der Waals surface area (Å²) >= 11 is 0. The molecule has 0 saturated heterocycles. The minimum atomic E-state index is -0.194. The molecular weight excluding hydrogens is 262 g/mol. The number of hydrogen-bond acceptors (Lipinski definition) is 4. The molecule has 112 valence electrons. The second kappa shape index (κ2) is 5.72. The van der Waals surface area contributed by atoms with Crippen molar-refractivity contribution in [3.8, 4) is 0 Å². The van der Waals surface area contributed by atoms with Crippen molar-refractivity contribution in [1.82, 2.24) is 10.4 Å². The maximum atomic E-state index is 5.88. The molecule has 1 unspecified atom stereocenters. The summed E-state index contributed by atoms with van der Waals surface area (Å²) in [7, 11) is 1.79. The fourth-order valence-corrected chi connectivity index (χ4v) is 3.56. The largest absolute Gasteiger partial charge is 0.376 e. The zero-order chi connectivity index (χ0) is 14.9. The number of rotatable bonds is 4. The highest BCUT2D eigenvalue weighted by molar-refractivity contribution is 5.79. The van der Waals surface area contributed by atoms with Gasteiger partial charge in [-0.1, -0.05) is 25.0 Å². The van der Waals surface area contributed by atoms with Crippen LogP contribution in [0, 0.1) is 6.92 Å². The molecular formula is C17H23N3O. The predicted octanol–water partition coefficient (Wildman–Crippen LogP) is 3.01. The van der Waals surface area contributed by atoms with Crippen molar-refractivity contribution in [1.29, 1.82) is 0 Å². The van der Waals surface area contributed by atoms with E-state index in [0.29, 0.717) is 0 Å². The molecule has 0 spiro atoms. The van der Waals surface area contributed by atoms with E-state index in [-0.39, 0.29) is 11.6 Å². The Hall–Kier alpha value is -1.49. The molecule has 3 rings (SSSR count). The number of hydrogen-bond donors (Lipinski definition) is 2.